The molecule has 2 atom stereocenters. The van der Waals surface area contributed by atoms with Crippen LogP contribution in [0.3, 0.4) is 0 Å². The summed E-state index contributed by atoms with van der Waals surface area (Å²) in [6.07, 6.45) is 9.37. The fourth-order valence-corrected chi connectivity index (χ4v) is 3.39. The smallest absolute Gasteiger partial charge is 0.223 e. The maximum atomic E-state index is 12.3. The molecular weight excluding hydrogens is 248 g/mol. The topological polar surface area (TPSA) is 46.3 Å². The van der Waals surface area contributed by atoms with Gasteiger partial charge in [0.1, 0.15) is 0 Å². The molecule has 1 aliphatic carbocycles. The Labute approximate surface area is 117 Å². The van der Waals surface area contributed by atoms with E-state index in [-0.39, 0.29) is 24.5 Å². The van der Waals surface area contributed by atoms with Crippen molar-refractivity contribution >= 4 is 18.3 Å². The number of carbonyl (C=O) groups excluding carboxylic acids is 1. The Balaban J connectivity index is 0.00000162. The van der Waals surface area contributed by atoms with Crippen LogP contribution in [0.25, 0.3) is 0 Å². The summed E-state index contributed by atoms with van der Waals surface area (Å²) in [5.74, 6) is 1.01. The summed E-state index contributed by atoms with van der Waals surface area (Å²) in [6.45, 7) is 2.96. The monoisotopic (exact) mass is 274 g/mol. The van der Waals surface area contributed by atoms with Crippen LogP contribution in [0, 0.1) is 5.92 Å². The van der Waals surface area contributed by atoms with Gasteiger partial charge in [0.05, 0.1) is 0 Å². The highest BCUT2D eigenvalue weighted by atomic mass is 35.5. The summed E-state index contributed by atoms with van der Waals surface area (Å²) in [5, 5.41) is 0. The molecule has 106 valence electrons. The highest BCUT2D eigenvalue weighted by Crippen LogP contribution is 2.29. The van der Waals surface area contributed by atoms with Crippen LogP contribution in [-0.2, 0) is 4.79 Å². The van der Waals surface area contributed by atoms with Gasteiger partial charge in [-0.2, -0.15) is 0 Å². The van der Waals surface area contributed by atoms with E-state index >= 15 is 0 Å². The zero-order chi connectivity index (χ0) is 12.3. The zero-order valence-electron chi connectivity index (χ0n) is 11.4. The van der Waals surface area contributed by atoms with Crippen LogP contribution in [0.15, 0.2) is 0 Å². The van der Waals surface area contributed by atoms with Crippen molar-refractivity contribution in [1.29, 1.82) is 0 Å². The molecule has 0 radical (unpaired) electrons. The number of rotatable bonds is 3. The Kier molecular flexibility index (Phi) is 6.44. The van der Waals surface area contributed by atoms with E-state index in [9.17, 15) is 4.79 Å². The van der Waals surface area contributed by atoms with Crippen LogP contribution in [0.4, 0.5) is 0 Å². The predicted molar refractivity (Wildman–Crippen MR) is 76.8 cm³/mol. The molecule has 0 aromatic carbocycles. The minimum absolute atomic E-state index is 0. The molecule has 2 N–H and O–H groups in total. The van der Waals surface area contributed by atoms with E-state index < -0.39 is 0 Å². The predicted octanol–water partition coefficient (Wildman–Crippen LogP) is 2.72. The van der Waals surface area contributed by atoms with Gasteiger partial charge in [0.15, 0.2) is 0 Å². The number of nitrogens with zero attached hydrogens (tertiary/aromatic N) is 1. The third kappa shape index (κ3) is 3.86. The van der Waals surface area contributed by atoms with E-state index in [0.29, 0.717) is 11.8 Å². The van der Waals surface area contributed by atoms with Gasteiger partial charge < -0.3 is 10.6 Å². The number of hydrogen-bond donors (Lipinski definition) is 1. The van der Waals surface area contributed by atoms with Crippen LogP contribution in [-0.4, -0.2) is 29.4 Å². The van der Waals surface area contributed by atoms with Crippen molar-refractivity contribution in [1.82, 2.24) is 4.90 Å². The first-order chi connectivity index (χ1) is 8.18. The van der Waals surface area contributed by atoms with Gasteiger partial charge in [-0.15, -0.1) is 12.4 Å². The molecule has 2 aliphatic rings. The van der Waals surface area contributed by atoms with Gasteiger partial charge in [0.2, 0.25) is 5.91 Å². The Hall–Kier alpha value is -0.280. The summed E-state index contributed by atoms with van der Waals surface area (Å²) < 4.78 is 0. The first kappa shape index (κ1) is 15.8. The number of halogens is 1. The minimum atomic E-state index is 0. The lowest BCUT2D eigenvalue weighted by atomic mass is 9.95. The molecule has 1 heterocycles. The Morgan fingerprint density at radius 1 is 1.22 bits per heavy atom. The lowest BCUT2D eigenvalue weighted by Gasteiger charge is -2.38. The average molecular weight is 275 g/mol. The summed E-state index contributed by atoms with van der Waals surface area (Å²) in [7, 11) is 0. The van der Waals surface area contributed by atoms with Gasteiger partial charge in [-0.1, -0.05) is 12.8 Å². The van der Waals surface area contributed by atoms with Gasteiger partial charge >= 0.3 is 0 Å². The zero-order valence-corrected chi connectivity index (χ0v) is 12.3. The summed E-state index contributed by atoms with van der Waals surface area (Å²) in [6, 6.07) is 0.403. The number of carbonyl (C=O) groups is 1. The second-order valence-corrected chi connectivity index (χ2v) is 5.86. The van der Waals surface area contributed by atoms with Gasteiger partial charge in [-0.25, -0.2) is 0 Å². The molecule has 1 aliphatic heterocycles. The Bertz CT molecular complexity index is 265. The van der Waals surface area contributed by atoms with Gasteiger partial charge in [0, 0.05) is 25.0 Å². The standard InChI is InChI=1S/C14H26N2O.ClH/c1-11(15)13-8-4-5-9-16(13)14(17)10-12-6-2-3-7-12;/h11-13H,2-10,15H2,1H3;1H. The molecule has 0 aromatic heterocycles. The maximum absolute atomic E-state index is 12.3. The molecule has 0 aromatic rings. The maximum Gasteiger partial charge on any atom is 0.223 e. The molecule has 1 saturated heterocycles. The van der Waals surface area contributed by atoms with Crippen molar-refractivity contribution in [2.75, 3.05) is 6.54 Å². The minimum Gasteiger partial charge on any atom is -0.338 e. The first-order valence-corrected chi connectivity index (χ1v) is 7.23. The number of likely N-dealkylation sites (tertiary alicyclic amines) is 1. The van der Waals surface area contributed by atoms with Crippen molar-refractivity contribution in [2.24, 2.45) is 11.7 Å². The summed E-state index contributed by atoms with van der Waals surface area (Å²) >= 11 is 0. The number of amides is 1. The van der Waals surface area contributed by atoms with Gasteiger partial charge in [-0.3, -0.25) is 4.79 Å². The van der Waals surface area contributed by atoms with Gasteiger partial charge in [0.25, 0.3) is 0 Å². The highest BCUT2D eigenvalue weighted by Gasteiger charge is 2.30. The number of piperidine rings is 1. The lowest BCUT2D eigenvalue weighted by Crippen LogP contribution is -2.51. The Morgan fingerprint density at radius 3 is 2.44 bits per heavy atom. The molecule has 18 heavy (non-hydrogen) atoms. The summed E-state index contributed by atoms with van der Waals surface area (Å²) in [4.78, 5) is 14.4. The molecule has 3 nitrogen and oxygen atoms in total. The molecule has 0 bridgehead atoms. The first-order valence-electron chi connectivity index (χ1n) is 7.23. The fourth-order valence-electron chi connectivity index (χ4n) is 3.39. The van der Waals surface area contributed by atoms with E-state index in [1.165, 1.54) is 32.1 Å². The SMILES string of the molecule is CC(N)C1CCCCN1C(=O)CC1CCCC1.Cl. The third-order valence-electron chi connectivity index (χ3n) is 4.41. The molecule has 2 rings (SSSR count). The van der Waals surface area contributed by atoms with Crippen LogP contribution < -0.4 is 5.73 Å². The van der Waals surface area contributed by atoms with E-state index in [4.69, 9.17) is 5.73 Å². The second kappa shape index (κ2) is 7.34. The highest BCUT2D eigenvalue weighted by molar-refractivity contribution is 5.85. The van der Waals surface area contributed by atoms with E-state index in [2.05, 4.69) is 4.90 Å². The quantitative estimate of drug-likeness (QED) is 0.860. The molecule has 2 unspecified atom stereocenters. The Morgan fingerprint density at radius 2 is 1.83 bits per heavy atom. The van der Waals surface area contributed by atoms with Crippen molar-refractivity contribution in [3.63, 3.8) is 0 Å². The average Bonchev–Trinajstić information content (AvgIpc) is 2.81. The summed E-state index contributed by atoms with van der Waals surface area (Å²) in [5.41, 5.74) is 6.01. The number of hydrogen-bond acceptors (Lipinski definition) is 2. The van der Waals surface area contributed by atoms with Crippen molar-refractivity contribution in [3.05, 3.63) is 0 Å². The van der Waals surface area contributed by atoms with E-state index in [0.717, 1.165) is 25.8 Å². The molecule has 0 spiro atoms. The van der Waals surface area contributed by atoms with Crippen LogP contribution in [0.2, 0.25) is 0 Å². The van der Waals surface area contributed by atoms with Crippen LogP contribution in [0.5, 0.6) is 0 Å². The number of nitrogens with two attached hydrogens (primary N) is 1. The van der Waals surface area contributed by atoms with Crippen molar-refractivity contribution in [2.45, 2.75) is 70.4 Å². The largest absolute Gasteiger partial charge is 0.338 e. The van der Waals surface area contributed by atoms with Crippen molar-refractivity contribution in [3.8, 4) is 0 Å². The molecule has 2 fully saturated rings. The van der Waals surface area contributed by atoms with E-state index in [1.807, 2.05) is 6.92 Å². The second-order valence-electron chi connectivity index (χ2n) is 5.86. The van der Waals surface area contributed by atoms with Crippen LogP contribution in [0.1, 0.15) is 58.3 Å². The normalized spacial score (nSPS) is 26.8. The molecular formula is C14H27ClN2O. The third-order valence-corrected chi connectivity index (χ3v) is 4.41. The lowest BCUT2D eigenvalue weighted by molar-refractivity contribution is -0.136. The fraction of sp³-hybridized carbons (Fsp3) is 0.929. The van der Waals surface area contributed by atoms with Crippen LogP contribution >= 0.6 is 12.4 Å². The van der Waals surface area contributed by atoms with Gasteiger partial charge in [-0.05, 0) is 44.9 Å². The molecule has 1 amide bonds. The molecule has 1 saturated carbocycles. The molecule has 4 heteroatoms. The van der Waals surface area contributed by atoms with E-state index in [1.54, 1.807) is 0 Å². The van der Waals surface area contributed by atoms with Crippen molar-refractivity contribution < 1.29 is 4.79 Å².